The molecule has 2 aromatic rings. The van der Waals surface area contributed by atoms with Crippen LogP contribution >= 0.6 is 0 Å². The van der Waals surface area contributed by atoms with E-state index in [2.05, 4.69) is 10.3 Å². The van der Waals surface area contributed by atoms with Gasteiger partial charge < -0.3 is 20.1 Å². The molecule has 1 aliphatic carbocycles. The fourth-order valence-electron chi connectivity index (χ4n) is 3.12. The van der Waals surface area contributed by atoms with E-state index >= 15 is 0 Å². The van der Waals surface area contributed by atoms with Crippen LogP contribution in [0.3, 0.4) is 0 Å². The summed E-state index contributed by atoms with van der Waals surface area (Å²) in [7, 11) is 0. The lowest BCUT2D eigenvalue weighted by Crippen LogP contribution is -2.43. The second kappa shape index (κ2) is 6.50. The van der Waals surface area contributed by atoms with Crippen molar-refractivity contribution in [3.63, 3.8) is 0 Å². The Bertz CT molecular complexity index is 573. The van der Waals surface area contributed by atoms with Gasteiger partial charge in [-0.1, -0.05) is 25.3 Å². The quantitative estimate of drug-likeness (QED) is 0.716. The van der Waals surface area contributed by atoms with Crippen molar-refractivity contribution >= 4 is 10.9 Å². The third-order valence-electron chi connectivity index (χ3n) is 4.33. The molecule has 0 saturated heterocycles. The summed E-state index contributed by atoms with van der Waals surface area (Å²) in [4.78, 5) is 3.18. The molecule has 21 heavy (non-hydrogen) atoms. The monoisotopic (exact) mass is 288 g/mol. The standard InChI is InChI=1S/C17H24N2O2/c20-17(8-2-1-3-9-17)13-18-11-12-21-16-6-4-5-15-14(16)7-10-19-15/h4-7,10,18-20H,1-3,8-9,11-13H2. The highest BCUT2D eigenvalue weighted by molar-refractivity contribution is 5.85. The third kappa shape index (κ3) is 3.57. The van der Waals surface area contributed by atoms with Crippen LogP contribution in [0.15, 0.2) is 30.5 Å². The first-order valence-electron chi connectivity index (χ1n) is 7.89. The van der Waals surface area contributed by atoms with Crippen molar-refractivity contribution < 1.29 is 9.84 Å². The largest absolute Gasteiger partial charge is 0.492 e. The fraction of sp³-hybridized carbons (Fsp3) is 0.529. The van der Waals surface area contributed by atoms with Gasteiger partial charge in [-0.05, 0) is 31.0 Å². The number of benzene rings is 1. The van der Waals surface area contributed by atoms with Gasteiger partial charge in [0.2, 0.25) is 0 Å². The lowest BCUT2D eigenvalue weighted by molar-refractivity contribution is 0.00458. The molecular weight excluding hydrogens is 264 g/mol. The first-order valence-corrected chi connectivity index (χ1v) is 7.89. The summed E-state index contributed by atoms with van der Waals surface area (Å²) in [5, 5.41) is 14.8. The molecule has 1 aromatic carbocycles. The van der Waals surface area contributed by atoms with Crippen molar-refractivity contribution in [2.24, 2.45) is 0 Å². The average Bonchev–Trinajstić information content (AvgIpc) is 2.97. The van der Waals surface area contributed by atoms with E-state index in [4.69, 9.17) is 4.74 Å². The summed E-state index contributed by atoms with van der Waals surface area (Å²) in [5.41, 5.74) is 0.593. The van der Waals surface area contributed by atoms with Crippen molar-refractivity contribution in [3.8, 4) is 5.75 Å². The molecule has 1 saturated carbocycles. The number of hydrogen-bond acceptors (Lipinski definition) is 3. The zero-order valence-corrected chi connectivity index (χ0v) is 12.4. The molecule has 1 aliphatic rings. The molecule has 0 radical (unpaired) electrons. The molecule has 0 bridgehead atoms. The van der Waals surface area contributed by atoms with E-state index in [-0.39, 0.29) is 0 Å². The second-order valence-corrected chi connectivity index (χ2v) is 6.01. The van der Waals surface area contributed by atoms with E-state index in [1.165, 1.54) is 6.42 Å². The summed E-state index contributed by atoms with van der Waals surface area (Å²) in [6, 6.07) is 8.05. The van der Waals surface area contributed by atoms with E-state index in [1.54, 1.807) is 0 Å². The van der Waals surface area contributed by atoms with Crippen molar-refractivity contribution in [2.45, 2.75) is 37.7 Å². The predicted octanol–water partition coefficient (Wildman–Crippen LogP) is 2.83. The average molecular weight is 288 g/mol. The molecule has 3 N–H and O–H groups in total. The Labute approximate surface area is 125 Å². The van der Waals surface area contributed by atoms with Gasteiger partial charge in [-0.25, -0.2) is 0 Å². The van der Waals surface area contributed by atoms with Crippen molar-refractivity contribution in [3.05, 3.63) is 30.5 Å². The molecule has 114 valence electrons. The van der Waals surface area contributed by atoms with Crippen LogP contribution in [0.5, 0.6) is 5.75 Å². The third-order valence-corrected chi connectivity index (χ3v) is 4.33. The number of H-pyrrole nitrogens is 1. The predicted molar refractivity (Wildman–Crippen MR) is 84.7 cm³/mol. The number of aromatic nitrogens is 1. The van der Waals surface area contributed by atoms with Crippen LogP contribution in [0, 0.1) is 0 Å². The summed E-state index contributed by atoms with van der Waals surface area (Å²) in [5.74, 6) is 0.909. The molecular formula is C17H24N2O2. The van der Waals surface area contributed by atoms with Crippen LogP contribution in [-0.4, -0.2) is 35.4 Å². The highest BCUT2D eigenvalue weighted by Crippen LogP contribution is 2.27. The van der Waals surface area contributed by atoms with Crippen LogP contribution in [-0.2, 0) is 0 Å². The second-order valence-electron chi connectivity index (χ2n) is 6.01. The van der Waals surface area contributed by atoms with Crippen LogP contribution in [0.2, 0.25) is 0 Å². The molecule has 0 amide bonds. The summed E-state index contributed by atoms with van der Waals surface area (Å²) >= 11 is 0. The topological polar surface area (TPSA) is 57.3 Å². The van der Waals surface area contributed by atoms with Crippen LogP contribution < -0.4 is 10.1 Å². The number of aromatic amines is 1. The van der Waals surface area contributed by atoms with Gasteiger partial charge in [0.15, 0.2) is 0 Å². The van der Waals surface area contributed by atoms with Crippen LogP contribution in [0.1, 0.15) is 32.1 Å². The van der Waals surface area contributed by atoms with E-state index in [1.807, 2.05) is 30.5 Å². The van der Waals surface area contributed by atoms with Gasteiger partial charge in [-0.2, -0.15) is 0 Å². The Morgan fingerprint density at radius 3 is 2.90 bits per heavy atom. The van der Waals surface area contributed by atoms with Gasteiger partial charge in [0.1, 0.15) is 12.4 Å². The Hall–Kier alpha value is -1.52. The SMILES string of the molecule is OC1(CNCCOc2cccc3[nH]ccc23)CCCCC1. The minimum absolute atomic E-state index is 0.501. The Kier molecular flexibility index (Phi) is 4.46. The van der Waals surface area contributed by atoms with Gasteiger partial charge in [-0.15, -0.1) is 0 Å². The van der Waals surface area contributed by atoms with E-state index in [0.29, 0.717) is 13.2 Å². The molecule has 4 nitrogen and oxygen atoms in total. The van der Waals surface area contributed by atoms with Gasteiger partial charge in [0, 0.05) is 30.2 Å². The number of rotatable bonds is 6. The van der Waals surface area contributed by atoms with Crippen molar-refractivity contribution in [2.75, 3.05) is 19.7 Å². The molecule has 0 unspecified atom stereocenters. The van der Waals surface area contributed by atoms with Gasteiger partial charge >= 0.3 is 0 Å². The highest BCUT2D eigenvalue weighted by atomic mass is 16.5. The zero-order chi connectivity index (χ0) is 14.5. The number of nitrogens with one attached hydrogen (secondary N) is 2. The summed E-state index contributed by atoms with van der Waals surface area (Å²) in [6.07, 6.45) is 7.31. The molecule has 4 heteroatoms. The molecule has 1 fully saturated rings. The Morgan fingerprint density at radius 1 is 1.19 bits per heavy atom. The number of ether oxygens (including phenoxy) is 1. The van der Waals surface area contributed by atoms with E-state index in [0.717, 1.165) is 48.9 Å². The number of fused-ring (bicyclic) bond motifs is 1. The van der Waals surface area contributed by atoms with E-state index < -0.39 is 5.60 Å². The highest BCUT2D eigenvalue weighted by Gasteiger charge is 2.28. The first-order chi connectivity index (χ1) is 10.3. The first kappa shape index (κ1) is 14.4. The maximum atomic E-state index is 10.4. The van der Waals surface area contributed by atoms with Crippen molar-refractivity contribution in [1.82, 2.24) is 10.3 Å². The zero-order valence-electron chi connectivity index (χ0n) is 12.4. The number of hydrogen-bond donors (Lipinski definition) is 3. The lowest BCUT2D eigenvalue weighted by atomic mass is 9.85. The maximum absolute atomic E-state index is 10.4. The minimum atomic E-state index is -0.501. The van der Waals surface area contributed by atoms with Crippen LogP contribution in [0.4, 0.5) is 0 Å². The molecule has 1 aromatic heterocycles. The van der Waals surface area contributed by atoms with Crippen molar-refractivity contribution in [1.29, 1.82) is 0 Å². The van der Waals surface area contributed by atoms with Gasteiger partial charge in [-0.3, -0.25) is 0 Å². The lowest BCUT2D eigenvalue weighted by Gasteiger charge is -2.32. The number of aliphatic hydroxyl groups is 1. The van der Waals surface area contributed by atoms with Gasteiger partial charge in [0.25, 0.3) is 0 Å². The molecule has 0 spiro atoms. The fourth-order valence-corrected chi connectivity index (χ4v) is 3.12. The molecule has 3 rings (SSSR count). The minimum Gasteiger partial charge on any atom is -0.492 e. The summed E-state index contributed by atoms with van der Waals surface area (Å²) < 4.78 is 5.84. The van der Waals surface area contributed by atoms with E-state index in [9.17, 15) is 5.11 Å². The van der Waals surface area contributed by atoms with Gasteiger partial charge in [0.05, 0.1) is 5.60 Å². The molecule has 0 atom stereocenters. The maximum Gasteiger partial charge on any atom is 0.128 e. The van der Waals surface area contributed by atoms with Crippen LogP contribution in [0.25, 0.3) is 10.9 Å². The normalized spacial score (nSPS) is 18.0. The smallest absolute Gasteiger partial charge is 0.128 e. The Morgan fingerprint density at radius 2 is 2.05 bits per heavy atom. The molecule has 1 heterocycles. The summed E-state index contributed by atoms with van der Waals surface area (Å²) in [6.45, 7) is 2.04. The Balaban J connectivity index is 1.43. The molecule has 0 aliphatic heterocycles.